The predicted molar refractivity (Wildman–Crippen MR) is 84.2 cm³/mol. The van der Waals surface area contributed by atoms with E-state index in [0.717, 1.165) is 22.2 Å². The molecule has 0 aliphatic heterocycles. The third-order valence-electron chi connectivity index (χ3n) is 4.07. The normalized spacial score (nSPS) is 11.5. The van der Waals surface area contributed by atoms with Crippen molar-refractivity contribution in [2.24, 2.45) is 0 Å². The van der Waals surface area contributed by atoms with Crippen molar-refractivity contribution in [1.82, 2.24) is 4.57 Å². The van der Waals surface area contributed by atoms with E-state index in [2.05, 4.69) is 18.4 Å². The highest BCUT2D eigenvalue weighted by Gasteiger charge is 2.22. The number of carboxylic acids is 1. The number of aromatic carboxylic acids is 1. The molecule has 0 amide bonds. The van der Waals surface area contributed by atoms with E-state index in [4.69, 9.17) is 5.11 Å². The van der Waals surface area contributed by atoms with E-state index in [1.54, 1.807) is 0 Å². The maximum atomic E-state index is 11.7. The quantitative estimate of drug-likeness (QED) is 0.886. The van der Waals surface area contributed by atoms with E-state index in [1.165, 1.54) is 5.56 Å². The zero-order valence-corrected chi connectivity index (χ0v) is 13.1. The van der Waals surface area contributed by atoms with Crippen LogP contribution in [-0.4, -0.2) is 27.4 Å². The number of carbonyl (C=O) groups is 1. The van der Waals surface area contributed by atoms with Crippen LogP contribution in [-0.2, 0) is 6.54 Å². The van der Waals surface area contributed by atoms with Gasteiger partial charge in [0.05, 0.1) is 11.1 Å². The van der Waals surface area contributed by atoms with Crippen LogP contribution in [0.3, 0.4) is 0 Å². The molecule has 4 nitrogen and oxygen atoms in total. The van der Waals surface area contributed by atoms with E-state index in [0.29, 0.717) is 24.4 Å². The van der Waals surface area contributed by atoms with E-state index in [1.807, 2.05) is 26.0 Å². The Labute approximate surface area is 125 Å². The third-order valence-corrected chi connectivity index (χ3v) is 4.07. The van der Waals surface area contributed by atoms with Gasteiger partial charge in [0, 0.05) is 24.2 Å². The lowest BCUT2D eigenvalue weighted by Crippen LogP contribution is -2.08. The van der Waals surface area contributed by atoms with Crippen molar-refractivity contribution in [1.29, 1.82) is 0 Å². The first-order valence-electron chi connectivity index (χ1n) is 7.36. The van der Waals surface area contributed by atoms with Gasteiger partial charge in [-0.25, -0.2) is 4.79 Å². The minimum absolute atomic E-state index is 0.102. The lowest BCUT2D eigenvalue weighted by molar-refractivity contribution is 0.0698. The van der Waals surface area contributed by atoms with Gasteiger partial charge >= 0.3 is 5.97 Å². The van der Waals surface area contributed by atoms with Crippen LogP contribution in [0.25, 0.3) is 10.9 Å². The van der Waals surface area contributed by atoms with Crippen LogP contribution >= 0.6 is 0 Å². The fourth-order valence-corrected chi connectivity index (χ4v) is 3.20. The Kier molecular flexibility index (Phi) is 4.37. The van der Waals surface area contributed by atoms with Gasteiger partial charge in [-0.05, 0) is 37.3 Å². The highest BCUT2D eigenvalue weighted by Crippen LogP contribution is 2.35. The molecule has 0 aliphatic rings. The average Bonchev–Trinajstić information content (AvgIpc) is 2.68. The van der Waals surface area contributed by atoms with Gasteiger partial charge in [0.15, 0.2) is 0 Å². The van der Waals surface area contributed by atoms with Crippen LogP contribution in [0.1, 0.15) is 53.4 Å². The van der Waals surface area contributed by atoms with E-state index in [9.17, 15) is 9.90 Å². The van der Waals surface area contributed by atoms with Gasteiger partial charge < -0.3 is 14.8 Å². The summed E-state index contributed by atoms with van der Waals surface area (Å²) < 4.78 is 2.05. The minimum atomic E-state index is -0.892. The summed E-state index contributed by atoms with van der Waals surface area (Å²) in [5.74, 6) is -0.566. The SMILES string of the molecule is Cc1ccc2c(C(C)C)c(C)n(CCCO)c2c1C(=O)O. The number of hydrogen-bond donors (Lipinski definition) is 2. The van der Waals surface area contributed by atoms with Crippen LogP contribution in [0.4, 0.5) is 0 Å². The van der Waals surface area contributed by atoms with Crippen molar-refractivity contribution in [3.8, 4) is 0 Å². The Morgan fingerprint density at radius 1 is 1.29 bits per heavy atom. The molecule has 0 saturated heterocycles. The first kappa shape index (κ1) is 15.6. The van der Waals surface area contributed by atoms with Gasteiger partial charge in [-0.3, -0.25) is 0 Å². The second-order valence-corrected chi connectivity index (χ2v) is 5.84. The molecule has 1 heterocycles. The maximum Gasteiger partial charge on any atom is 0.338 e. The van der Waals surface area contributed by atoms with Gasteiger partial charge in [-0.1, -0.05) is 26.0 Å². The van der Waals surface area contributed by atoms with Crippen LogP contribution in [0.2, 0.25) is 0 Å². The smallest absolute Gasteiger partial charge is 0.338 e. The standard InChI is InChI=1S/C17H23NO3/c1-10(2)14-12(4)18(8-5-9-19)16-13(14)7-6-11(3)15(16)17(20)21/h6-7,10,19H,5,8-9H2,1-4H3,(H,20,21). The van der Waals surface area contributed by atoms with Crippen LogP contribution in [0.15, 0.2) is 12.1 Å². The van der Waals surface area contributed by atoms with E-state index in [-0.39, 0.29) is 6.61 Å². The molecular formula is C17H23NO3. The lowest BCUT2D eigenvalue weighted by Gasteiger charge is -2.11. The lowest BCUT2D eigenvalue weighted by atomic mass is 9.97. The van der Waals surface area contributed by atoms with Crippen molar-refractivity contribution in [2.45, 2.75) is 46.6 Å². The monoisotopic (exact) mass is 289 g/mol. The van der Waals surface area contributed by atoms with E-state index >= 15 is 0 Å². The zero-order chi connectivity index (χ0) is 15.7. The highest BCUT2D eigenvalue weighted by atomic mass is 16.4. The summed E-state index contributed by atoms with van der Waals surface area (Å²) in [6.45, 7) is 8.85. The summed E-state index contributed by atoms with van der Waals surface area (Å²) in [6.07, 6.45) is 0.620. The summed E-state index contributed by atoms with van der Waals surface area (Å²) in [5, 5.41) is 19.7. The molecule has 0 atom stereocenters. The number of aliphatic hydroxyl groups is 1. The third kappa shape index (κ3) is 2.56. The van der Waals surface area contributed by atoms with Gasteiger partial charge in [0.1, 0.15) is 0 Å². The molecule has 114 valence electrons. The number of aryl methyl sites for hydroxylation is 2. The van der Waals surface area contributed by atoms with Crippen molar-refractivity contribution >= 4 is 16.9 Å². The molecule has 0 bridgehead atoms. The summed E-state index contributed by atoms with van der Waals surface area (Å²) in [6, 6.07) is 3.91. The van der Waals surface area contributed by atoms with Crippen LogP contribution < -0.4 is 0 Å². The predicted octanol–water partition coefficient (Wildman–Crippen LogP) is 3.46. The number of fused-ring (bicyclic) bond motifs is 1. The average molecular weight is 289 g/mol. The highest BCUT2D eigenvalue weighted by molar-refractivity contribution is 6.05. The van der Waals surface area contributed by atoms with Crippen LogP contribution in [0, 0.1) is 13.8 Å². The zero-order valence-electron chi connectivity index (χ0n) is 13.1. The Balaban J connectivity index is 2.88. The number of hydrogen-bond acceptors (Lipinski definition) is 2. The maximum absolute atomic E-state index is 11.7. The Morgan fingerprint density at radius 3 is 2.48 bits per heavy atom. The molecule has 1 aromatic carbocycles. The Morgan fingerprint density at radius 2 is 1.95 bits per heavy atom. The van der Waals surface area contributed by atoms with Gasteiger partial charge in [0.2, 0.25) is 0 Å². The summed E-state index contributed by atoms with van der Waals surface area (Å²) in [5.41, 5.74) is 4.23. The Bertz CT molecular complexity index is 683. The summed E-state index contributed by atoms with van der Waals surface area (Å²) >= 11 is 0. The molecule has 2 rings (SSSR count). The topological polar surface area (TPSA) is 62.5 Å². The van der Waals surface area contributed by atoms with Crippen molar-refractivity contribution < 1.29 is 15.0 Å². The summed E-state index contributed by atoms with van der Waals surface area (Å²) in [4.78, 5) is 11.7. The number of rotatable bonds is 5. The fraction of sp³-hybridized carbons (Fsp3) is 0.471. The van der Waals surface area contributed by atoms with Gasteiger partial charge in [-0.15, -0.1) is 0 Å². The number of carboxylic acid groups (broad SMARTS) is 1. The van der Waals surface area contributed by atoms with Gasteiger partial charge in [0.25, 0.3) is 0 Å². The second kappa shape index (κ2) is 5.90. The summed E-state index contributed by atoms with van der Waals surface area (Å²) in [7, 11) is 0. The van der Waals surface area contributed by atoms with Crippen molar-refractivity contribution in [2.75, 3.05) is 6.61 Å². The molecule has 1 aromatic heterocycles. The van der Waals surface area contributed by atoms with Crippen molar-refractivity contribution in [3.05, 3.63) is 34.5 Å². The first-order chi connectivity index (χ1) is 9.90. The minimum Gasteiger partial charge on any atom is -0.478 e. The first-order valence-corrected chi connectivity index (χ1v) is 7.36. The molecular weight excluding hydrogens is 266 g/mol. The molecule has 2 aromatic rings. The molecule has 0 fully saturated rings. The van der Waals surface area contributed by atoms with E-state index < -0.39 is 5.97 Å². The second-order valence-electron chi connectivity index (χ2n) is 5.84. The van der Waals surface area contributed by atoms with Gasteiger partial charge in [-0.2, -0.15) is 0 Å². The van der Waals surface area contributed by atoms with Crippen LogP contribution in [0.5, 0.6) is 0 Å². The fourth-order valence-electron chi connectivity index (χ4n) is 3.20. The largest absolute Gasteiger partial charge is 0.478 e. The number of aliphatic hydroxyl groups excluding tert-OH is 1. The molecule has 21 heavy (non-hydrogen) atoms. The Hall–Kier alpha value is -1.81. The number of aromatic nitrogens is 1. The number of benzene rings is 1. The molecule has 2 N–H and O–H groups in total. The molecule has 4 heteroatoms. The molecule has 0 unspecified atom stereocenters. The molecule has 0 spiro atoms. The molecule has 0 saturated carbocycles. The molecule has 0 radical (unpaired) electrons. The number of nitrogens with zero attached hydrogens (tertiary/aromatic N) is 1. The molecule has 0 aliphatic carbocycles. The van der Waals surface area contributed by atoms with Crippen molar-refractivity contribution in [3.63, 3.8) is 0 Å².